The summed E-state index contributed by atoms with van der Waals surface area (Å²) in [4.78, 5) is 31.9. The predicted octanol–water partition coefficient (Wildman–Crippen LogP) is 2.50. The van der Waals surface area contributed by atoms with Crippen molar-refractivity contribution in [1.82, 2.24) is 9.80 Å². The summed E-state index contributed by atoms with van der Waals surface area (Å²) in [5.41, 5.74) is 3.59. The SMILES string of the molecule is COc1ccc(N2C(=O)C[C@@H](N3CCN([C@H]4CCc5ccccc5C4)CC3)C2=O)cc1. The molecule has 0 saturated carbocycles. The molecule has 2 amide bonds. The van der Waals surface area contributed by atoms with Crippen LogP contribution in [0.1, 0.15) is 24.0 Å². The molecule has 6 heteroatoms. The van der Waals surface area contributed by atoms with E-state index in [9.17, 15) is 9.59 Å². The molecule has 3 aliphatic rings. The van der Waals surface area contributed by atoms with Crippen LogP contribution < -0.4 is 9.64 Å². The highest BCUT2D eigenvalue weighted by Gasteiger charge is 2.43. The molecule has 2 aromatic carbocycles. The van der Waals surface area contributed by atoms with Gasteiger partial charge in [0.25, 0.3) is 5.91 Å². The molecule has 0 aromatic heterocycles. The van der Waals surface area contributed by atoms with Gasteiger partial charge in [0.2, 0.25) is 5.91 Å². The van der Waals surface area contributed by atoms with Crippen LogP contribution in [0.25, 0.3) is 0 Å². The number of carbonyl (C=O) groups excluding carboxylic acids is 2. The maximum absolute atomic E-state index is 13.1. The van der Waals surface area contributed by atoms with Crippen molar-refractivity contribution in [3.63, 3.8) is 0 Å². The van der Waals surface area contributed by atoms with Gasteiger partial charge in [0.1, 0.15) is 5.75 Å². The van der Waals surface area contributed by atoms with Crippen LogP contribution in [0.15, 0.2) is 48.5 Å². The molecule has 5 rings (SSSR count). The first-order valence-electron chi connectivity index (χ1n) is 11.2. The minimum Gasteiger partial charge on any atom is -0.497 e. The van der Waals surface area contributed by atoms with Gasteiger partial charge in [-0.25, -0.2) is 4.90 Å². The first kappa shape index (κ1) is 20.2. The van der Waals surface area contributed by atoms with Crippen LogP contribution in [-0.2, 0) is 22.4 Å². The van der Waals surface area contributed by atoms with Crippen LogP contribution in [0.4, 0.5) is 5.69 Å². The van der Waals surface area contributed by atoms with Crippen molar-refractivity contribution in [1.29, 1.82) is 0 Å². The second-order valence-corrected chi connectivity index (χ2v) is 8.72. The fourth-order valence-corrected chi connectivity index (χ4v) is 5.31. The molecule has 2 fully saturated rings. The highest BCUT2D eigenvalue weighted by Crippen LogP contribution is 2.29. The number of fused-ring (bicyclic) bond motifs is 1. The summed E-state index contributed by atoms with van der Waals surface area (Å²) in [7, 11) is 1.60. The molecule has 0 N–H and O–H groups in total. The summed E-state index contributed by atoms with van der Waals surface area (Å²) < 4.78 is 5.18. The van der Waals surface area contributed by atoms with E-state index in [2.05, 4.69) is 34.1 Å². The third-order valence-electron chi connectivity index (χ3n) is 7.08. The number of hydrogen-bond donors (Lipinski definition) is 0. The zero-order valence-corrected chi connectivity index (χ0v) is 18.0. The average molecular weight is 420 g/mol. The Morgan fingerprint density at radius 2 is 1.52 bits per heavy atom. The van der Waals surface area contributed by atoms with Crippen LogP contribution in [-0.4, -0.2) is 67.0 Å². The molecule has 2 aromatic rings. The number of piperazine rings is 1. The van der Waals surface area contributed by atoms with E-state index in [4.69, 9.17) is 4.74 Å². The zero-order chi connectivity index (χ0) is 21.4. The van der Waals surface area contributed by atoms with Crippen molar-refractivity contribution in [3.8, 4) is 5.75 Å². The van der Waals surface area contributed by atoms with E-state index in [1.165, 1.54) is 22.4 Å². The van der Waals surface area contributed by atoms with Gasteiger partial charge in [-0.2, -0.15) is 0 Å². The van der Waals surface area contributed by atoms with Gasteiger partial charge >= 0.3 is 0 Å². The van der Waals surface area contributed by atoms with E-state index in [1.54, 1.807) is 31.4 Å². The molecular formula is C25H29N3O3. The smallest absolute Gasteiger partial charge is 0.251 e. The van der Waals surface area contributed by atoms with Crippen molar-refractivity contribution in [2.75, 3.05) is 38.2 Å². The number of rotatable bonds is 4. The van der Waals surface area contributed by atoms with Gasteiger partial charge < -0.3 is 4.74 Å². The molecular weight excluding hydrogens is 390 g/mol. The van der Waals surface area contributed by atoms with Crippen molar-refractivity contribution >= 4 is 17.5 Å². The number of nitrogens with zero attached hydrogens (tertiary/aromatic N) is 3. The van der Waals surface area contributed by atoms with Gasteiger partial charge in [0.15, 0.2) is 0 Å². The van der Waals surface area contributed by atoms with Gasteiger partial charge in [0, 0.05) is 32.2 Å². The number of anilines is 1. The minimum atomic E-state index is -0.344. The summed E-state index contributed by atoms with van der Waals surface area (Å²) in [5.74, 6) is 0.488. The molecule has 2 aliphatic heterocycles. The van der Waals surface area contributed by atoms with E-state index in [-0.39, 0.29) is 24.3 Å². The Balaban J connectivity index is 1.21. The van der Waals surface area contributed by atoms with Gasteiger partial charge in [-0.15, -0.1) is 0 Å². The topological polar surface area (TPSA) is 53.1 Å². The maximum atomic E-state index is 13.1. The number of ether oxygens (including phenoxy) is 1. The number of imide groups is 1. The lowest BCUT2D eigenvalue weighted by Crippen LogP contribution is -2.55. The lowest BCUT2D eigenvalue weighted by Gasteiger charge is -2.42. The molecule has 2 saturated heterocycles. The van der Waals surface area contributed by atoms with Crippen molar-refractivity contribution in [2.45, 2.75) is 37.8 Å². The number of carbonyl (C=O) groups is 2. The molecule has 2 atom stereocenters. The molecule has 0 unspecified atom stereocenters. The summed E-state index contributed by atoms with van der Waals surface area (Å²) in [6.07, 6.45) is 3.72. The van der Waals surface area contributed by atoms with E-state index in [0.717, 1.165) is 39.0 Å². The van der Waals surface area contributed by atoms with Crippen LogP contribution in [0, 0.1) is 0 Å². The highest BCUT2D eigenvalue weighted by molar-refractivity contribution is 6.22. The fraction of sp³-hybridized carbons (Fsp3) is 0.440. The van der Waals surface area contributed by atoms with Crippen LogP contribution >= 0.6 is 0 Å². The van der Waals surface area contributed by atoms with Crippen LogP contribution in [0.3, 0.4) is 0 Å². The maximum Gasteiger partial charge on any atom is 0.251 e. The molecule has 2 heterocycles. The number of aryl methyl sites for hydroxylation is 1. The van der Waals surface area contributed by atoms with Gasteiger partial charge in [-0.3, -0.25) is 19.4 Å². The van der Waals surface area contributed by atoms with Crippen molar-refractivity contribution < 1.29 is 14.3 Å². The molecule has 162 valence electrons. The van der Waals surface area contributed by atoms with Gasteiger partial charge in [0.05, 0.1) is 25.3 Å². The number of benzene rings is 2. The monoisotopic (exact) mass is 419 g/mol. The second kappa shape index (κ2) is 8.44. The van der Waals surface area contributed by atoms with Crippen molar-refractivity contribution in [2.24, 2.45) is 0 Å². The third-order valence-corrected chi connectivity index (χ3v) is 7.08. The Morgan fingerprint density at radius 3 is 2.23 bits per heavy atom. The molecule has 6 nitrogen and oxygen atoms in total. The normalized spacial score (nSPS) is 25.0. The van der Waals surface area contributed by atoms with E-state index in [1.807, 2.05) is 0 Å². The summed E-state index contributed by atoms with van der Waals surface area (Å²) in [6, 6.07) is 16.1. The standard InChI is InChI=1S/C25H29N3O3/c1-31-22-10-8-20(9-11-22)28-24(29)17-23(25(28)30)27-14-12-26(13-15-27)21-7-6-18-4-2-3-5-19(18)16-21/h2-5,8-11,21,23H,6-7,12-17H2,1H3/t21-,23+/m0/s1. The fourth-order valence-electron chi connectivity index (χ4n) is 5.31. The first-order valence-corrected chi connectivity index (χ1v) is 11.2. The minimum absolute atomic E-state index is 0.102. The largest absolute Gasteiger partial charge is 0.497 e. The molecule has 0 bridgehead atoms. The van der Waals surface area contributed by atoms with Gasteiger partial charge in [-0.05, 0) is 54.7 Å². The Bertz CT molecular complexity index is 966. The number of hydrogen-bond acceptors (Lipinski definition) is 5. The first-order chi connectivity index (χ1) is 15.1. The summed E-state index contributed by atoms with van der Waals surface area (Å²) >= 11 is 0. The lowest BCUT2D eigenvalue weighted by atomic mass is 9.87. The average Bonchev–Trinajstić information content (AvgIpc) is 3.12. The Hall–Kier alpha value is -2.70. The lowest BCUT2D eigenvalue weighted by molar-refractivity contribution is -0.123. The Labute approximate surface area is 183 Å². The third kappa shape index (κ3) is 3.86. The van der Waals surface area contributed by atoms with Gasteiger partial charge in [-0.1, -0.05) is 24.3 Å². The Morgan fingerprint density at radius 1 is 0.839 bits per heavy atom. The molecule has 1 aliphatic carbocycles. The Kier molecular flexibility index (Phi) is 5.50. The van der Waals surface area contributed by atoms with E-state index in [0.29, 0.717) is 17.5 Å². The highest BCUT2D eigenvalue weighted by atomic mass is 16.5. The van der Waals surface area contributed by atoms with Crippen molar-refractivity contribution in [3.05, 3.63) is 59.7 Å². The quantitative estimate of drug-likeness (QED) is 0.713. The summed E-state index contributed by atoms with van der Waals surface area (Å²) in [6.45, 7) is 3.57. The number of amides is 2. The molecule has 0 radical (unpaired) electrons. The zero-order valence-electron chi connectivity index (χ0n) is 18.0. The molecule has 31 heavy (non-hydrogen) atoms. The molecule has 0 spiro atoms. The predicted molar refractivity (Wildman–Crippen MR) is 119 cm³/mol. The summed E-state index contributed by atoms with van der Waals surface area (Å²) in [5, 5.41) is 0. The van der Waals surface area contributed by atoms with E-state index >= 15 is 0 Å². The second-order valence-electron chi connectivity index (χ2n) is 8.72. The van der Waals surface area contributed by atoms with Crippen LogP contribution in [0.5, 0.6) is 5.75 Å². The number of methoxy groups -OCH3 is 1. The van der Waals surface area contributed by atoms with E-state index < -0.39 is 0 Å². The van der Waals surface area contributed by atoms with Crippen LogP contribution in [0.2, 0.25) is 0 Å².